The van der Waals surface area contributed by atoms with Crippen molar-refractivity contribution in [2.45, 2.75) is 0 Å². The van der Waals surface area contributed by atoms with Gasteiger partial charge < -0.3 is 4.74 Å². The maximum absolute atomic E-state index is 10.3. The molecule has 0 spiro atoms. The molecule has 0 unspecified atom stereocenters. The van der Waals surface area contributed by atoms with E-state index in [1.807, 2.05) is 0 Å². The summed E-state index contributed by atoms with van der Waals surface area (Å²) in [6.45, 7) is 0. The lowest BCUT2D eigenvalue weighted by Crippen LogP contribution is -2.10. The Labute approximate surface area is 78.6 Å². The van der Waals surface area contributed by atoms with E-state index in [4.69, 9.17) is 22.0 Å². The SMILES string of the molecule is O=C(Cl)Oc1ccc(N(O)O)cc1. The van der Waals surface area contributed by atoms with Gasteiger partial charge in [0.25, 0.3) is 0 Å². The highest BCUT2D eigenvalue weighted by molar-refractivity contribution is 6.61. The van der Waals surface area contributed by atoms with Crippen molar-refractivity contribution >= 4 is 22.7 Å². The van der Waals surface area contributed by atoms with Gasteiger partial charge in [0.2, 0.25) is 0 Å². The van der Waals surface area contributed by atoms with E-state index in [9.17, 15) is 4.79 Å². The Hall–Kier alpha value is -1.30. The lowest BCUT2D eigenvalue weighted by Gasteiger charge is -2.07. The molecular weight excluding hydrogens is 198 g/mol. The Bertz CT molecular complexity index is 298. The van der Waals surface area contributed by atoms with Gasteiger partial charge in [0, 0.05) is 11.6 Å². The molecule has 1 aromatic rings. The molecular formula is C7H6ClNO4. The Kier molecular flexibility index (Phi) is 3.07. The van der Waals surface area contributed by atoms with Crippen LogP contribution in [-0.4, -0.2) is 15.8 Å². The summed E-state index contributed by atoms with van der Waals surface area (Å²) in [5, 5.41) is 17.1. The minimum absolute atomic E-state index is 0.0493. The predicted molar refractivity (Wildman–Crippen MR) is 44.4 cm³/mol. The zero-order valence-corrected chi connectivity index (χ0v) is 7.10. The van der Waals surface area contributed by atoms with Crippen LogP contribution in [0.2, 0.25) is 0 Å². The molecule has 0 amide bonds. The highest BCUT2D eigenvalue weighted by Crippen LogP contribution is 2.17. The lowest BCUT2D eigenvalue weighted by atomic mass is 10.3. The molecule has 5 nitrogen and oxygen atoms in total. The van der Waals surface area contributed by atoms with Gasteiger partial charge in [-0.3, -0.25) is 10.4 Å². The van der Waals surface area contributed by atoms with Crippen molar-refractivity contribution in [1.82, 2.24) is 0 Å². The summed E-state index contributed by atoms with van der Waals surface area (Å²) in [7, 11) is 0. The second-order valence-corrected chi connectivity index (χ2v) is 2.43. The van der Waals surface area contributed by atoms with Crippen LogP contribution >= 0.6 is 11.6 Å². The highest BCUT2D eigenvalue weighted by atomic mass is 35.5. The summed E-state index contributed by atoms with van der Waals surface area (Å²) < 4.78 is 4.49. The third-order valence-corrected chi connectivity index (χ3v) is 1.34. The van der Waals surface area contributed by atoms with Gasteiger partial charge in [-0.15, -0.1) is 5.23 Å². The molecule has 0 atom stereocenters. The van der Waals surface area contributed by atoms with Crippen LogP contribution in [0.3, 0.4) is 0 Å². The number of carbonyl (C=O) groups excluding carboxylic acids is 1. The van der Waals surface area contributed by atoms with Gasteiger partial charge in [0.15, 0.2) is 0 Å². The van der Waals surface area contributed by atoms with E-state index < -0.39 is 5.43 Å². The predicted octanol–water partition coefficient (Wildman–Crippen LogP) is 2.01. The molecule has 0 bridgehead atoms. The molecule has 0 aliphatic rings. The topological polar surface area (TPSA) is 70.0 Å². The van der Waals surface area contributed by atoms with Crippen LogP contribution in [0.1, 0.15) is 0 Å². The van der Waals surface area contributed by atoms with Crippen LogP contribution < -0.4 is 9.96 Å². The standard InChI is InChI=1S/C7H6ClNO4/c8-7(10)13-6-3-1-5(2-4-6)9(11)12/h1-4,11-12H. The van der Waals surface area contributed by atoms with Gasteiger partial charge in [-0.1, -0.05) is 0 Å². The second kappa shape index (κ2) is 4.08. The van der Waals surface area contributed by atoms with E-state index in [1.165, 1.54) is 24.3 Å². The Balaban J connectivity index is 2.75. The Morgan fingerprint density at radius 2 is 1.85 bits per heavy atom. The molecule has 1 aromatic carbocycles. The number of halogens is 1. The van der Waals surface area contributed by atoms with Gasteiger partial charge in [-0.25, -0.2) is 4.79 Å². The number of hydrogen-bond acceptors (Lipinski definition) is 5. The van der Waals surface area contributed by atoms with Gasteiger partial charge in [-0.2, -0.15) is 0 Å². The summed E-state index contributed by atoms with van der Waals surface area (Å²) >= 11 is 4.94. The molecule has 1 rings (SSSR count). The van der Waals surface area contributed by atoms with Gasteiger partial charge in [0.1, 0.15) is 5.75 Å². The van der Waals surface area contributed by atoms with Gasteiger partial charge in [-0.05, 0) is 24.3 Å². The first-order chi connectivity index (χ1) is 6.09. The van der Waals surface area contributed by atoms with Crippen LogP contribution in [0.5, 0.6) is 5.75 Å². The average molecular weight is 204 g/mol. The van der Waals surface area contributed by atoms with Crippen molar-refractivity contribution in [1.29, 1.82) is 0 Å². The molecule has 6 heteroatoms. The van der Waals surface area contributed by atoms with Crippen molar-refractivity contribution in [2.75, 3.05) is 5.23 Å². The maximum Gasteiger partial charge on any atom is 0.409 e. The quantitative estimate of drug-likeness (QED) is 0.568. The van der Waals surface area contributed by atoms with Crippen molar-refractivity contribution in [3.05, 3.63) is 24.3 Å². The van der Waals surface area contributed by atoms with E-state index in [-0.39, 0.29) is 16.7 Å². The van der Waals surface area contributed by atoms with Crippen LogP contribution in [-0.2, 0) is 0 Å². The minimum Gasteiger partial charge on any atom is -0.415 e. The number of anilines is 1. The molecule has 0 saturated carbocycles. The molecule has 0 fully saturated rings. The number of carbonyl (C=O) groups is 1. The third-order valence-electron chi connectivity index (χ3n) is 1.27. The summed E-state index contributed by atoms with van der Waals surface area (Å²) in [6, 6.07) is 5.43. The van der Waals surface area contributed by atoms with Crippen LogP contribution in [0.15, 0.2) is 24.3 Å². The number of rotatable bonds is 2. The fourth-order valence-corrected chi connectivity index (χ4v) is 0.829. The highest BCUT2D eigenvalue weighted by Gasteiger charge is 2.01. The number of nitrogens with zero attached hydrogens (tertiary/aromatic N) is 1. The fourth-order valence-electron chi connectivity index (χ4n) is 0.740. The van der Waals surface area contributed by atoms with E-state index in [1.54, 1.807) is 0 Å². The third kappa shape index (κ3) is 2.90. The number of hydrogen-bond donors (Lipinski definition) is 2. The number of ether oxygens (including phenoxy) is 1. The molecule has 0 saturated heterocycles. The van der Waals surface area contributed by atoms with E-state index >= 15 is 0 Å². The van der Waals surface area contributed by atoms with E-state index in [2.05, 4.69) is 4.74 Å². The summed E-state index contributed by atoms with van der Waals surface area (Å²) in [5.74, 6) is 0.227. The summed E-state index contributed by atoms with van der Waals surface area (Å²) in [4.78, 5) is 10.3. The van der Waals surface area contributed by atoms with E-state index in [0.717, 1.165) is 0 Å². The molecule has 0 aromatic heterocycles. The lowest BCUT2D eigenvalue weighted by molar-refractivity contribution is 0.0291. The second-order valence-electron chi connectivity index (χ2n) is 2.12. The molecule has 13 heavy (non-hydrogen) atoms. The summed E-state index contributed by atoms with van der Waals surface area (Å²) in [6.07, 6.45) is 0. The Morgan fingerprint density at radius 1 is 1.31 bits per heavy atom. The molecule has 70 valence electrons. The van der Waals surface area contributed by atoms with Crippen molar-refractivity contribution in [3.63, 3.8) is 0 Å². The van der Waals surface area contributed by atoms with Crippen LogP contribution in [0, 0.1) is 0 Å². The normalized spacial score (nSPS) is 9.46. The zero-order chi connectivity index (χ0) is 9.84. The molecule has 0 radical (unpaired) electrons. The first-order valence-electron chi connectivity index (χ1n) is 3.25. The monoisotopic (exact) mass is 203 g/mol. The fraction of sp³-hybridized carbons (Fsp3) is 0. The van der Waals surface area contributed by atoms with Crippen molar-refractivity contribution in [2.24, 2.45) is 0 Å². The first-order valence-corrected chi connectivity index (χ1v) is 3.62. The molecule has 2 N–H and O–H groups in total. The maximum atomic E-state index is 10.3. The molecule has 0 aliphatic carbocycles. The smallest absolute Gasteiger partial charge is 0.409 e. The van der Waals surface area contributed by atoms with Gasteiger partial charge >= 0.3 is 5.43 Å². The van der Waals surface area contributed by atoms with Crippen LogP contribution in [0.4, 0.5) is 10.5 Å². The zero-order valence-electron chi connectivity index (χ0n) is 6.35. The first kappa shape index (κ1) is 9.79. The van der Waals surface area contributed by atoms with Gasteiger partial charge in [0.05, 0.1) is 5.69 Å². The van der Waals surface area contributed by atoms with Crippen molar-refractivity contribution in [3.8, 4) is 5.75 Å². The Morgan fingerprint density at radius 3 is 2.23 bits per heavy atom. The molecule has 0 aliphatic heterocycles. The van der Waals surface area contributed by atoms with Crippen molar-refractivity contribution < 1.29 is 19.9 Å². The molecule has 0 heterocycles. The average Bonchev–Trinajstić information content (AvgIpc) is 2.04. The largest absolute Gasteiger partial charge is 0.415 e. The summed E-state index contributed by atoms with van der Waals surface area (Å²) in [5.41, 5.74) is -0.799. The van der Waals surface area contributed by atoms with Crippen LogP contribution in [0.25, 0.3) is 0 Å². The number of benzene rings is 1. The van der Waals surface area contributed by atoms with E-state index in [0.29, 0.717) is 0 Å². The minimum atomic E-state index is -0.947.